The molecule has 0 aliphatic rings. The van der Waals surface area contributed by atoms with Crippen LogP contribution in [0.25, 0.3) is 66.1 Å². The normalized spacial score (nSPS) is 11.8. The summed E-state index contributed by atoms with van der Waals surface area (Å²) < 4.78 is 4.36. The molecule has 0 radical (unpaired) electrons. The molecule has 0 fully saturated rings. The molecule has 8 aromatic rings. The first-order valence-electron chi connectivity index (χ1n) is 16.4. The third kappa shape index (κ3) is 4.86. The lowest BCUT2D eigenvalue weighted by Gasteiger charge is -2.19. The summed E-state index contributed by atoms with van der Waals surface area (Å²) in [6.07, 6.45) is 9.90. The first kappa shape index (κ1) is 30.7. The Kier molecular flexibility index (Phi) is 7.52. The van der Waals surface area contributed by atoms with E-state index in [1.807, 2.05) is 43.3 Å². The van der Waals surface area contributed by atoms with Gasteiger partial charge in [0.15, 0.2) is 0 Å². The van der Waals surface area contributed by atoms with Gasteiger partial charge in [0.25, 0.3) is 0 Å². The molecule has 8 rings (SSSR count). The number of nitriles is 3. The van der Waals surface area contributed by atoms with Crippen molar-refractivity contribution >= 4 is 54.8 Å². The summed E-state index contributed by atoms with van der Waals surface area (Å²) in [5.74, 6) is 2.79. The van der Waals surface area contributed by atoms with Crippen LogP contribution in [-0.4, -0.2) is 9.13 Å². The maximum atomic E-state index is 10.1. The monoisotopic (exact) mass is 649 g/mol. The summed E-state index contributed by atoms with van der Waals surface area (Å²) in [6.45, 7) is 2.00. The summed E-state index contributed by atoms with van der Waals surface area (Å²) in [7, 11) is 0. The van der Waals surface area contributed by atoms with Crippen molar-refractivity contribution in [1.82, 2.24) is 9.13 Å². The zero-order valence-electron chi connectivity index (χ0n) is 27.6. The van der Waals surface area contributed by atoms with E-state index >= 15 is 0 Å². The Morgan fingerprint density at radius 3 is 1.92 bits per heavy atom. The lowest BCUT2D eigenvalue weighted by molar-refractivity contribution is 1.16. The maximum Gasteiger partial charge on any atom is 0.0998 e. The molecule has 6 aromatic carbocycles. The molecule has 0 bridgehead atoms. The average molecular weight is 650 g/mol. The van der Waals surface area contributed by atoms with E-state index in [9.17, 15) is 15.8 Å². The highest BCUT2D eigenvalue weighted by atomic mass is 15.0. The van der Waals surface area contributed by atoms with Gasteiger partial charge in [0.2, 0.25) is 0 Å². The Labute approximate surface area is 295 Å². The molecular weight excluding hydrogens is 623 g/mol. The Balaban J connectivity index is 1.37. The van der Waals surface area contributed by atoms with E-state index in [1.165, 1.54) is 10.8 Å². The first-order valence-corrected chi connectivity index (χ1v) is 16.4. The summed E-state index contributed by atoms with van der Waals surface area (Å²) in [4.78, 5) is 0. The molecule has 0 N–H and O–H groups in total. The minimum Gasteiger partial charge on any atom is -0.309 e. The van der Waals surface area contributed by atoms with Gasteiger partial charge in [-0.25, -0.2) is 0 Å². The second-order valence-corrected chi connectivity index (χ2v) is 12.2. The quantitative estimate of drug-likeness (QED) is 0.137. The zero-order chi connectivity index (χ0) is 35.1. The van der Waals surface area contributed by atoms with Gasteiger partial charge in [-0.15, -0.1) is 6.42 Å². The molecule has 0 saturated heterocycles. The van der Waals surface area contributed by atoms with Gasteiger partial charge >= 0.3 is 0 Å². The van der Waals surface area contributed by atoms with Crippen LogP contribution in [0.1, 0.15) is 34.7 Å². The fraction of sp³-hybridized carbons (Fsp3) is 0.0217. The van der Waals surface area contributed by atoms with Gasteiger partial charge in [-0.1, -0.05) is 72.7 Å². The van der Waals surface area contributed by atoms with Crippen molar-refractivity contribution in [3.63, 3.8) is 0 Å². The Morgan fingerprint density at radius 1 is 0.588 bits per heavy atom. The molecule has 0 unspecified atom stereocenters. The summed E-state index contributed by atoms with van der Waals surface area (Å²) >= 11 is 0. The molecule has 0 saturated carbocycles. The number of benzene rings is 6. The minimum absolute atomic E-state index is 0.476. The van der Waals surface area contributed by atoms with Gasteiger partial charge in [-0.2, -0.15) is 15.8 Å². The highest BCUT2D eigenvalue weighted by molar-refractivity contribution is 6.14. The van der Waals surface area contributed by atoms with Crippen LogP contribution in [0.3, 0.4) is 0 Å². The fourth-order valence-corrected chi connectivity index (χ4v) is 7.38. The number of fused-ring (bicyclic) bond motifs is 6. The van der Waals surface area contributed by atoms with E-state index in [4.69, 9.17) is 6.42 Å². The van der Waals surface area contributed by atoms with Crippen LogP contribution in [0.15, 0.2) is 140 Å². The molecule has 0 aliphatic heterocycles. The number of rotatable bonds is 5. The van der Waals surface area contributed by atoms with Crippen LogP contribution in [0.5, 0.6) is 0 Å². The van der Waals surface area contributed by atoms with Crippen LogP contribution in [0.2, 0.25) is 0 Å². The van der Waals surface area contributed by atoms with Crippen molar-refractivity contribution in [2.45, 2.75) is 6.92 Å². The van der Waals surface area contributed by atoms with E-state index in [0.29, 0.717) is 16.7 Å². The number of nitrogens with zero attached hydrogens (tertiary/aromatic N) is 5. The van der Waals surface area contributed by atoms with Crippen molar-refractivity contribution in [1.29, 1.82) is 15.8 Å². The molecule has 2 heterocycles. The standard InChI is InChI=1S/C46H27N5/c1-3-11-36(35(4-2)32-12-9-14-34(26-32)50-41-17-7-5-15-37(41)38-16-6-8-18-42(38)50)39-22-20-31(28-48)25-45(39)51-43-23-21-30(27-47)24-40(43)46-33(29-49)13-10-19-44(46)51/h1,4-26H,2H3/b35-4-,36-11+. The summed E-state index contributed by atoms with van der Waals surface area (Å²) in [5.41, 5.74) is 10.6. The molecular formula is C46H27N5. The van der Waals surface area contributed by atoms with Gasteiger partial charge in [0.1, 0.15) is 0 Å². The smallest absolute Gasteiger partial charge is 0.0998 e. The van der Waals surface area contributed by atoms with Crippen molar-refractivity contribution in [2.24, 2.45) is 0 Å². The van der Waals surface area contributed by atoms with Gasteiger partial charge in [0, 0.05) is 32.8 Å². The number of hydrogen-bond acceptors (Lipinski definition) is 3. The fourth-order valence-electron chi connectivity index (χ4n) is 7.38. The highest BCUT2D eigenvalue weighted by Gasteiger charge is 2.22. The third-order valence-corrected chi connectivity index (χ3v) is 9.50. The highest BCUT2D eigenvalue weighted by Crippen LogP contribution is 2.41. The minimum atomic E-state index is 0.476. The van der Waals surface area contributed by atoms with E-state index in [-0.39, 0.29) is 0 Å². The molecule has 0 aliphatic carbocycles. The Morgan fingerprint density at radius 2 is 1.24 bits per heavy atom. The SMILES string of the molecule is C#C/C=C(\C(=C/C)c1cccc(-n2c3ccccc3c3ccccc32)c1)c1ccc(C#N)cc1-n1c2ccc(C#N)cc2c2c(C#N)cccc21. The predicted octanol–water partition coefficient (Wildman–Crippen LogP) is 10.6. The van der Waals surface area contributed by atoms with E-state index < -0.39 is 0 Å². The van der Waals surface area contributed by atoms with Crippen LogP contribution >= 0.6 is 0 Å². The molecule has 0 spiro atoms. The second-order valence-electron chi connectivity index (χ2n) is 12.2. The van der Waals surface area contributed by atoms with E-state index in [0.717, 1.165) is 66.5 Å². The number of aromatic nitrogens is 2. The number of hydrogen-bond donors (Lipinski definition) is 0. The van der Waals surface area contributed by atoms with Crippen molar-refractivity contribution in [3.05, 3.63) is 167 Å². The van der Waals surface area contributed by atoms with Crippen molar-refractivity contribution in [2.75, 3.05) is 0 Å². The van der Waals surface area contributed by atoms with Crippen LogP contribution in [-0.2, 0) is 0 Å². The second kappa shape index (κ2) is 12.5. The molecule has 2 aromatic heterocycles. The molecule has 51 heavy (non-hydrogen) atoms. The lowest BCUT2D eigenvalue weighted by Crippen LogP contribution is -2.03. The van der Waals surface area contributed by atoms with Gasteiger partial charge < -0.3 is 9.13 Å². The van der Waals surface area contributed by atoms with E-state index in [2.05, 4.69) is 112 Å². The van der Waals surface area contributed by atoms with E-state index in [1.54, 1.807) is 24.3 Å². The van der Waals surface area contributed by atoms with Gasteiger partial charge in [0.05, 0.1) is 62.7 Å². The number of terminal acetylenes is 1. The maximum absolute atomic E-state index is 10.1. The Hall–Kier alpha value is -7.57. The van der Waals surface area contributed by atoms with Crippen molar-refractivity contribution < 1.29 is 0 Å². The van der Waals surface area contributed by atoms with Crippen LogP contribution < -0.4 is 0 Å². The average Bonchev–Trinajstić information content (AvgIpc) is 3.70. The third-order valence-electron chi connectivity index (χ3n) is 9.50. The largest absolute Gasteiger partial charge is 0.309 e. The van der Waals surface area contributed by atoms with Crippen LogP contribution in [0.4, 0.5) is 0 Å². The molecule has 236 valence electrons. The van der Waals surface area contributed by atoms with Crippen molar-refractivity contribution in [3.8, 4) is 41.9 Å². The summed E-state index contributed by atoms with van der Waals surface area (Å²) in [6, 6.07) is 48.9. The first-order chi connectivity index (χ1) is 25.1. The topological polar surface area (TPSA) is 81.2 Å². The number of allylic oxidation sites excluding steroid dienone is 4. The number of para-hydroxylation sites is 2. The summed E-state index contributed by atoms with van der Waals surface area (Å²) in [5, 5.41) is 33.9. The molecule has 0 atom stereocenters. The Bertz CT molecular complexity index is 2920. The molecule has 5 nitrogen and oxygen atoms in total. The zero-order valence-corrected chi connectivity index (χ0v) is 27.6. The lowest BCUT2D eigenvalue weighted by atomic mass is 9.89. The predicted molar refractivity (Wildman–Crippen MR) is 206 cm³/mol. The molecule has 0 amide bonds. The van der Waals surface area contributed by atoms with Crippen LogP contribution in [0, 0.1) is 46.3 Å². The van der Waals surface area contributed by atoms with Gasteiger partial charge in [-0.05, 0) is 96.4 Å². The molecule has 5 heteroatoms. The van der Waals surface area contributed by atoms with Gasteiger partial charge in [-0.3, -0.25) is 0 Å².